The number of Topliss-reactive ketones (excluding diaryl/α,β-unsaturated/α-hetero) is 1. The number of rotatable bonds is 3. The molecule has 4 nitrogen and oxygen atoms in total. The molecule has 0 spiro atoms. The Morgan fingerprint density at radius 3 is 2.80 bits per heavy atom. The molecule has 1 aromatic rings. The zero-order valence-corrected chi connectivity index (χ0v) is 9.67. The minimum Gasteiger partial charge on any atom is -0.497 e. The normalized spacial score (nSPS) is 9.40. The van der Waals surface area contributed by atoms with Crippen molar-refractivity contribution < 1.29 is 9.53 Å². The van der Waals surface area contributed by atoms with E-state index in [1.807, 2.05) is 6.07 Å². The van der Waals surface area contributed by atoms with Crippen molar-refractivity contribution in [2.75, 3.05) is 18.2 Å². The van der Waals surface area contributed by atoms with Gasteiger partial charge in [-0.3, -0.25) is 4.79 Å². The van der Waals surface area contributed by atoms with Crippen LogP contribution in [0.4, 0.5) is 5.69 Å². The number of methoxy groups -OCH3 is 1. The maximum absolute atomic E-state index is 11.5. The van der Waals surface area contributed by atoms with Gasteiger partial charge in [0.1, 0.15) is 11.8 Å². The van der Waals surface area contributed by atoms with Gasteiger partial charge in [0, 0.05) is 11.8 Å². The average Bonchev–Trinajstić information content (AvgIpc) is 2.26. The number of halogens is 1. The molecule has 0 bridgehead atoms. The van der Waals surface area contributed by atoms with Crippen LogP contribution in [0.5, 0.6) is 5.75 Å². The van der Waals surface area contributed by atoms with E-state index in [1.54, 1.807) is 0 Å². The van der Waals surface area contributed by atoms with Crippen LogP contribution in [-0.2, 0) is 0 Å². The van der Waals surface area contributed by atoms with Crippen LogP contribution in [0.2, 0.25) is 0 Å². The van der Waals surface area contributed by atoms with Gasteiger partial charge in [-0.2, -0.15) is 5.26 Å². The number of carbonyl (C=O) groups is 1. The molecule has 15 heavy (non-hydrogen) atoms. The summed E-state index contributed by atoms with van der Waals surface area (Å²) < 4.78 is 4.95. The number of nitriles is 1. The Kier molecular flexibility index (Phi) is 3.69. The maximum atomic E-state index is 11.5. The number of carbonyl (C=O) groups excluding carboxylic acids is 1. The summed E-state index contributed by atoms with van der Waals surface area (Å²) in [6.45, 7) is 0. The van der Waals surface area contributed by atoms with Crippen LogP contribution in [0, 0.1) is 11.3 Å². The first-order chi connectivity index (χ1) is 7.13. The van der Waals surface area contributed by atoms with Gasteiger partial charge in [-0.05, 0) is 6.07 Å². The Balaban J connectivity index is 3.39. The maximum Gasteiger partial charge on any atom is 0.176 e. The lowest BCUT2D eigenvalue weighted by Crippen LogP contribution is -2.08. The minimum atomic E-state index is -0.216. The van der Waals surface area contributed by atoms with E-state index >= 15 is 0 Å². The van der Waals surface area contributed by atoms with E-state index < -0.39 is 0 Å². The quantitative estimate of drug-likeness (QED) is 0.515. The summed E-state index contributed by atoms with van der Waals surface area (Å²) in [4.78, 5) is 11.5. The van der Waals surface area contributed by atoms with E-state index in [1.165, 1.54) is 19.2 Å². The highest BCUT2D eigenvalue weighted by molar-refractivity contribution is 9.09. The Morgan fingerprint density at radius 1 is 1.67 bits per heavy atom. The van der Waals surface area contributed by atoms with Crippen molar-refractivity contribution in [3.8, 4) is 11.8 Å². The second-order valence-corrected chi connectivity index (χ2v) is 3.37. The zero-order valence-electron chi connectivity index (χ0n) is 8.08. The molecule has 1 rings (SSSR count). The lowest BCUT2D eigenvalue weighted by atomic mass is 10.0. The van der Waals surface area contributed by atoms with E-state index in [4.69, 9.17) is 15.7 Å². The largest absolute Gasteiger partial charge is 0.497 e. The number of ether oxygens (including phenoxy) is 1. The van der Waals surface area contributed by atoms with Crippen LogP contribution in [0.15, 0.2) is 12.1 Å². The van der Waals surface area contributed by atoms with Crippen molar-refractivity contribution >= 4 is 27.4 Å². The van der Waals surface area contributed by atoms with Crippen molar-refractivity contribution in [3.05, 3.63) is 23.3 Å². The second-order valence-electron chi connectivity index (χ2n) is 2.81. The SMILES string of the molecule is COc1cc(N)c(C(=O)CBr)c(C#N)c1. The fourth-order valence-electron chi connectivity index (χ4n) is 1.22. The first-order valence-electron chi connectivity index (χ1n) is 4.10. The summed E-state index contributed by atoms with van der Waals surface area (Å²) >= 11 is 3.04. The molecule has 78 valence electrons. The molecule has 0 amide bonds. The van der Waals surface area contributed by atoms with Gasteiger partial charge in [-0.25, -0.2) is 0 Å². The fourth-order valence-corrected chi connectivity index (χ4v) is 1.50. The molecule has 0 aromatic heterocycles. The number of alkyl halides is 1. The van der Waals surface area contributed by atoms with Gasteiger partial charge in [0.2, 0.25) is 0 Å². The molecule has 1 aromatic carbocycles. The third-order valence-corrected chi connectivity index (χ3v) is 2.41. The van der Waals surface area contributed by atoms with Crippen LogP contribution in [0.1, 0.15) is 15.9 Å². The molecule has 0 saturated heterocycles. The molecule has 2 N–H and O–H groups in total. The smallest absolute Gasteiger partial charge is 0.176 e. The monoisotopic (exact) mass is 268 g/mol. The molecule has 0 aliphatic heterocycles. The Bertz CT molecular complexity index is 438. The zero-order chi connectivity index (χ0) is 11.4. The summed E-state index contributed by atoms with van der Waals surface area (Å²) in [5, 5.41) is 9.02. The molecule has 0 heterocycles. The second kappa shape index (κ2) is 4.80. The summed E-state index contributed by atoms with van der Waals surface area (Å²) in [6, 6.07) is 4.94. The van der Waals surface area contributed by atoms with Gasteiger partial charge in [0.05, 0.1) is 23.6 Å². The van der Waals surface area contributed by atoms with Crippen molar-refractivity contribution in [3.63, 3.8) is 0 Å². The predicted octanol–water partition coefficient (Wildman–Crippen LogP) is 1.73. The molecule has 0 aliphatic rings. The molecule has 0 atom stereocenters. The number of benzene rings is 1. The van der Waals surface area contributed by atoms with E-state index in [0.29, 0.717) is 5.75 Å². The van der Waals surface area contributed by atoms with E-state index in [0.717, 1.165) is 0 Å². The Labute approximate surface area is 95.8 Å². The number of anilines is 1. The van der Waals surface area contributed by atoms with Crippen molar-refractivity contribution in [1.82, 2.24) is 0 Å². The Morgan fingerprint density at radius 2 is 2.33 bits per heavy atom. The van der Waals surface area contributed by atoms with Gasteiger partial charge in [-0.1, -0.05) is 15.9 Å². The van der Waals surface area contributed by atoms with E-state index in [2.05, 4.69) is 15.9 Å². The highest BCUT2D eigenvalue weighted by atomic mass is 79.9. The first kappa shape index (κ1) is 11.5. The molecule has 0 aliphatic carbocycles. The van der Waals surface area contributed by atoms with Gasteiger partial charge >= 0.3 is 0 Å². The van der Waals surface area contributed by atoms with Crippen molar-refractivity contribution in [2.24, 2.45) is 0 Å². The van der Waals surface area contributed by atoms with Gasteiger partial charge in [0.15, 0.2) is 5.78 Å². The molecular weight excluding hydrogens is 260 g/mol. The van der Waals surface area contributed by atoms with Crippen LogP contribution < -0.4 is 10.5 Å². The number of ketones is 1. The number of nitrogen functional groups attached to an aromatic ring is 1. The van der Waals surface area contributed by atoms with Crippen molar-refractivity contribution in [2.45, 2.75) is 0 Å². The molecule has 0 fully saturated rings. The summed E-state index contributed by atoms with van der Waals surface area (Å²) in [5.41, 5.74) is 6.41. The average molecular weight is 269 g/mol. The fraction of sp³-hybridized carbons (Fsp3) is 0.200. The van der Waals surface area contributed by atoms with E-state index in [9.17, 15) is 4.79 Å². The molecule has 0 radical (unpaired) electrons. The van der Waals surface area contributed by atoms with Gasteiger partial charge in [-0.15, -0.1) is 0 Å². The van der Waals surface area contributed by atoms with Gasteiger partial charge < -0.3 is 10.5 Å². The summed E-state index contributed by atoms with van der Waals surface area (Å²) in [5.74, 6) is 0.252. The molecule has 5 heteroatoms. The van der Waals surface area contributed by atoms with E-state index in [-0.39, 0.29) is 27.9 Å². The molecule has 0 unspecified atom stereocenters. The van der Waals surface area contributed by atoms with Crippen LogP contribution in [-0.4, -0.2) is 18.2 Å². The predicted molar refractivity (Wildman–Crippen MR) is 60.2 cm³/mol. The number of nitrogens with zero attached hydrogens (tertiary/aromatic N) is 1. The molecule has 0 saturated carbocycles. The highest BCUT2D eigenvalue weighted by Gasteiger charge is 2.15. The number of nitrogens with two attached hydrogens (primary N) is 1. The third-order valence-electron chi connectivity index (χ3n) is 1.90. The number of hydrogen-bond acceptors (Lipinski definition) is 4. The standard InChI is InChI=1S/C10H9BrN2O2/c1-15-7-2-6(5-12)10(8(13)3-7)9(14)4-11/h2-3H,4,13H2,1H3. The highest BCUT2D eigenvalue weighted by Crippen LogP contribution is 2.25. The van der Waals surface area contributed by atoms with Crippen LogP contribution in [0.25, 0.3) is 0 Å². The summed E-state index contributed by atoms with van der Waals surface area (Å²) in [7, 11) is 1.47. The van der Waals surface area contributed by atoms with Gasteiger partial charge in [0.25, 0.3) is 0 Å². The van der Waals surface area contributed by atoms with Crippen LogP contribution in [0.3, 0.4) is 0 Å². The lowest BCUT2D eigenvalue weighted by molar-refractivity contribution is 0.102. The Hall–Kier alpha value is -1.54. The van der Waals surface area contributed by atoms with Crippen LogP contribution >= 0.6 is 15.9 Å². The number of hydrogen-bond donors (Lipinski definition) is 1. The van der Waals surface area contributed by atoms with Crippen molar-refractivity contribution in [1.29, 1.82) is 5.26 Å². The first-order valence-corrected chi connectivity index (χ1v) is 5.23. The lowest BCUT2D eigenvalue weighted by Gasteiger charge is -2.07. The minimum absolute atomic E-state index is 0.137. The summed E-state index contributed by atoms with van der Waals surface area (Å²) in [6.07, 6.45) is 0. The topological polar surface area (TPSA) is 76.1 Å². The third kappa shape index (κ3) is 2.28. The molecular formula is C10H9BrN2O2.